The highest BCUT2D eigenvalue weighted by atomic mass is 32.2. The van der Waals surface area contributed by atoms with E-state index in [9.17, 15) is 18.4 Å². The third-order valence-corrected chi connectivity index (χ3v) is 4.16. The van der Waals surface area contributed by atoms with Crippen molar-refractivity contribution in [2.45, 2.75) is 11.5 Å². The summed E-state index contributed by atoms with van der Waals surface area (Å²) in [7, 11) is 0. The maximum Gasteiger partial charge on any atom is 0.387 e. The Morgan fingerprint density at radius 1 is 1.12 bits per heavy atom. The van der Waals surface area contributed by atoms with Gasteiger partial charge in [0.2, 0.25) is 11.8 Å². The van der Waals surface area contributed by atoms with Crippen molar-refractivity contribution in [2.24, 2.45) is 5.73 Å². The van der Waals surface area contributed by atoms with Gasteiger partial charge in [0.05, 0.1) is 12.3 Å². The topological polar surface area (TPSA) is 93.5 Å². The monoisotopic (exact) mass is 381 g/mol. The Morgan fingerprint density at radius 3 is 2.46 bits per heavy atom. The number of hydrogen-bond donors (Lipinski definition) is 3. The summed E-state index contributed by atoms with van der Waals surface area (Å²) in [6, 6.07) is 12.8. The molecule has 0 fully saturated rings. The minimum absolute atomic E-state index is 0.0105. The lowest BCUT2D eigenvalue weighted by Gasteiger charge is -2.12. The molecule has 2 amide bonds. The molecule has 0 aliphatic rings. The number of primary amides is 1. The van der Waals surface area contributed by atoms with Gasteiger partial charge in [0, 0.05) is 16.3 Å². The molecule has 0 bridgehead atoms. The first-order valence-electron chi connectivity index (χ1n) is 7.53. The summed E-state index contributed by atoms with van der Waals surface area (Å²) >= 11 is 1.27. The van der Waals surface area contributed by atoms with Crippen LogP contribution < -0.4 is 21.1 Å². The lowest BCUT2D eigenvalue weighted by Crippen LogP contribution is -2.22. The molecule has 0 saturated carbocycles. The third kappa shape index (κ3) is 6.60. The van der Waals surface area contributed by atoms with Gasteiger partial charge >= 0.3 is 6.61 Å². The fraction of sp³-hybridized carbons (Fsp3) is 0.176. The number of benzene rings is 2. The summed E-state index contributed by atoms with van der Waals surface area (Å²) in [6.07, 6.45) is 0. The van der Waals surface area contributed by atoms with Gasteiger partial charge in [-0.25, -0.2) is 0 Å². The lowest BCUT2D eigenvalue weighted by atomic mass is 10.3. The summed E-state index contributed by atoms with van der Waals surface area (Å²) in [4.78, 5) is 23.7. The van der Waals surface area contributed by atoms with Crippen LogP contribution in [0.1, 0.15) is 0 Å². The van der Waals surface area contributed by atoms with Crippen LogP contribution in [0.5, 0.6) is 5.75 Å². The normalized spacial score (nSPS) is 10.4. The minimum Gasteiger partial charge on any atom is -0.435 e. The quantitative estimate of drug-likeness (QED) is 0.581. The van der Waals surface area contributed by atoms with Gasteiger partial charge in [0.25, 0.3) is 0 Å². The lowest BCUT2D eigenvalue weighted by molar-refractivity contribution is -0.116. The number of para-hydroxylation sites is 1. The molecule has 9 heteroatoms. The van der Waals surface area contributed by atoms with Gasteiger partial charge < -0.3 is 21.1 Å². The van der Waals surface area contributed by atoms with Crippen molar-refractivity contribution in [3.63, 3.8) is 0 Å². The second kappa shape index (κ2) is 9.62. The number of amides is 2. The van der Waals surface area contributed by atoms with Gasteiger partial charge in [0.1, 0.15) is 5.75 Å². The molecule has 2 rings (SSSR count). The van der Waals surface area contributed by atoms with E-state index in [1.165, 1.54) is 36.0 Å². The van der Waals surface area contributed by atoms with E-state index in [4.69, 9.17) is 5.73 Å². The average Bonchev–Trinajstić information content (AvgIpc) is 2.60. The zero-order valence-electron chi connectivity index (χ0n) is 13.6. The van der Waals surface area contributed by atoms with E-state index >= 15 is 0 Å². The Bertz CT molecular complexity index is 757. The van der Waals surface area contributed by atoms with Crippen molar-refractivity contribution in [1.29, 1.82) is 0 Å². The SMILES string of the molecule is NC(=O)CSc1ccccc1NCC(=O)Nc1ccc(OC(F)F)cc1. The van der Waals surface area contributed by atoms with Gasteiger partial charge in [-0.1, -0.05) is 12.1 Å². The Labute approximate surface area is 153 Å². The van der Waals surface area contributed by atoms with Crippen LogP contribution in [0.15, 0.2) is 53.4 Å². The number of carbonyl (C=O) groups is 2. The van der Waals surface area contributed by atoms with E-state index in [-0.39, 0.29) is 24.0 Å². The van der Waals surface area contributed by atoms with Gasteiger partial charge in [-0.05, 0) is 36.4 Å². The van der Waals surface area contributed by atoms with Crippen molar-refractivity contribution in [2.75, 3.05) is 22.9 Å². The molecule has 0 spiro atoms. The molecule has 0 aliphatic carbocycles. The third-order valence-electron chi connectivity index (χ3n) is 3.06. The van der Waals surface area contributed by atoms with Crippen molar-refractivity contribution >= 4 is 35.0 Å². The van der Waals surface area contributed by atoms with Crippen LogP contribution in [-0.4, -0.2) is 30.7 Å². The molecule has 0 saturated heterocycles. The van der Waals surface area contributed by atoms with Gasteiger partial charge in [0.15, 0.2) is 0 Å². The van der Waals surface area contributed by atoms with Crippen LogP contribution in [0, 0.1) is 0 Å². The molecule has 2 aromatic rings. The van der Waals surface area contributed by atoms with Crippen LogP contribution in [0.4, 0.5) is 20.2 Å². The predicted octanol–water partition coefficient (Wildman–Crippen LogP) is 2.92. The van der Waals surface area contributed by atoms with E-state index in [0.29, 0.717) is 11.4 Å². The second-order valence-electron chi connectivity index (χ2n) is 5.06. The van der Waals surface area contributed by atoms with E-state index in [0.717, 1.165) is 4.90 Å². The maximum absolute atomic E-state index is 12.1. The number of carbonyl (C=O) groups excluding carboxylic acids is 2. The summed E-state index contributed by atoms with van der Waals surface area (Å²) in [5.74, 6) is -0.599. The maximum atomic E-state index is 12.1. The molecule has 0 unspecified atom stereocenters. The van der Waals surface area contributed by atoms with Gasteiger partial charge in [-0.15, -0.1) is 11.8 Å². The number of thioether (sulfide) groups is 1. The zero-order chi connectivity index (χ0) is 18.9. The van der Waals surface area contributed by atoms with Crippen molar-refractivity contribution in [3.8, 4) is 5.75 Å². The van der Waals surface area contributed by atoms with E-state index in [2.05, 4.69) is 15.4 Å². The smallest absolute Gasteiger partial charge is 0.387 e. The molecule has 0 heterocycles. The highest BCUT2D eigenvalue weighted by Gasteiger charge is 2.08. The van der Waals surface area contributed by atoms with Crippen molar-refractivity contribution in [3.05, 3.63) is 48.5 Å². The standard InChI is InChI=1S/C17H17F2N3O3S/c18-17(19)25-12-7-5-11(6-8-12)22-16(24)9-21-13-3-1-2-4-14(13)26-10-15(20)23/h1-8,17,21H,9-10H2,(H2,20,23)(H,22,24). The Morgan fingerprint density at radius 2 is 1.81 bits per heavy atom. The first-order valence-corrected chi connectivity index (χ1v) is 8.51. The molecule has 6 nitrogen and oxygen atoms in total. The van der Waals surface area contributed by atoms with Gasteiger partial charge in [-0.2, -0.15) is 8.78 Å². The van der Waals surface area contributed by atoms with E-state index in [1.54, 1.807) is 12.1 Å². The van der Waals surface area contributed by atoms with Crippen LogP contribution in [0.3, 0.4) is 0 Å². The molecule has 4 N–H and O–H groups in total. The van der Waals surface area contributed by atoms with Crippen LogP contribution in [-0.2, 0) is 9.59 Å². The molecule has 0 radical (unpaired) electrons. The number of nitrogens with two attached hydrogens (primary N) is 1. The fourth-order valence-corrected chi connectivity index (χ4v) is 2.76. The predicted molar refractivity (Wildman–Crippen MR) is 96.6 cm³/mol. The summed E-state index contributed by atoms with van der Waals surface area (Å²) in [5, 5.41) is 5.62. The number of rotatable bonds is 9. The number of halogens is 2. The fourth-order valence-electron chi connectivity index (χ4n) is 1.99. The number of hydrogen-bond acceptors (Lipinski definition) is 5. The number of ether oxygens (including phenoxy) is 1. The second-order valence-corrected chi connectivity index (χ2v) is 6.07. The molecule has 0 atom stereocenters. The van der Waals surface area contributed by atoms with Crippen molar-refractivity contribution in [1.82, 2.24) is 0 Å². The number of alkyl halides is 2. The Balaban J connectivity index is 1.88. The largest absolute Gasteiger partial charge is 0.435 e. The molecule has 26 heavy (non-hydrogen) atoms. The van der Waals surface area contributed by atoms with Gasteiger partial charge in [-0.3, -0.25) is 9.59 Å². The van der Waals surface area contributed by atoms with E-state index < -0.39 is 12.5 Å². The molecular weight excluding hydrogens is 364 g/mol. The molecule has 138 valence electrons. The highest BCUT2D eigenvalue weighted by Crippen LogP contribution is 2.26. The zero-order valence-corrected chi connectivity index (χ0v) is 14.4. The minimum atomic E-state index is -2.90. The molecule has 2 aromatic carbocycles. The van der Waals surface area contributed by atoms with E-state index in [1.807, 2.05) is 12.1 Å². The van der Waals surface area contributed by atoms with Crippen LogP contribution in [0.25, 0.3) is 0 Å². The average molecular weight is 381 g/mol. The Hall–Kier alpha value is -2.81. The summed E-state index contributed by atoms with van der Waals surface area (Å²) < 4.78 is 28.4. The summed E-state index contributed by atoms with van der Waals surface area (Å²) in [6.45, 7) is -2.91. The first kappa shape index (κ1) is 19.5. The Kier molecular flexibility index (Phi) is 7.22. The molecule has 0 aliphatic heterocycles. The highest BCUT2D eigenvalue weighted by molar-refractivity contribution is 8.00. The molecular formula is C17H17F2N3O3S. The number of nitrogens with one attached hydrogen (secondary N) is 2. The number of anilines is 2. The van der Waals surface area contributed by atoms with Crippen molar-refractivity contribution < 1.29 is 23.1 Å². The molecule has 0 aromatic heterocycles. The van der Waals surface area contributed by atoms with Crippen LogP contribution in [0.2, 0.25) is 0 Å². The van der Waals surface area contributed by atoms with Crippen LogP contribution >= 0.6 is 11.8 Å². The first-order chi connectivity index (χ1) is 12.4. The summed E-state index contributed by atoms with van der Waals surface area (Å²) in [5.41, 5.74) is 6.30.